The number of hydrogen-bond donors (Lipinski definition) is 1. The highest BCUT2D eigenvalue weighted by molar-refractivity contribution is 5.88. The maximum Gasteiger partial charge on any atom is 0.225 e. The number of likely N-dealkylation sites (tertiary alicyclic amines) is 1. The Morgan fingerprint density at radius 2 is 1.81 bits per heavy atom. The van der Waals surface area contributed by atoms with Gasteiger partial charge in [-0.15, -0.1) is 0 Å². The summed E-state index contributed by atoms with van der Waals surface area (Å²) < 4.78 is 8.00. The van der Waals surface area contributed by atoms with Gasteiger partial charge >= 0.3 is 0 Å². The van der Waals surface area contributed by atoms with E-state index in [1.165, 1.54) is 19.3 Å². The number of carbonyl (C=O) groups is 1. The molecule has 2 aromatic heterocycles. The maximum absolute atomic E-state index is 12.9. The Hall–Kier alpha value is -2.15. The summed E-state index contributed by atoms with van der Waals surface area (Å²) in [4.78, 5) is 24.3. The van der Waals surface area contributed by atoms with Gasteiger partial charge in [0.25, 0.3) is 0 Å². The summed E-state index contributed by atoms with van der Waals surface area (Å²) >= 11 is 0. The van der Waals surface area contributed by atoms with Gasteiger partial charge in [-0.2, -0.15) is 0 Å². The van der Waals surface area contributed by atoms with Crippen molar-refractivity contribution in [1.29, 1.82) is 0 Å². The first kappa shape index (κ1) is 23.0. The molecule has 32 heavy (non-hydrogen) atoms. The quantitative estimate of drug-likeness (QED) is 0.689. The largest absolute Gasteiger partial charge is 0.382 e. The molecule has 7 nitrogen and oxygen atoms in total. The van der Waals surface area contributed by atoms with E-state index in [1.807, 2.05) is 13.8 Å². The lowest BCUT2D eigenvalue weighted by molar-refractivity contribution is -0.138. The summed E-state index contributed by atoms with van der Waals surface area (Å²) in [5.74, 6) is 2.74. The lowest BCUT2D eigenvalue weighted by Gasteiger charge is -2.35. The molecule has 7 heteroatoms. The van der Waals surface area contributed by atoms with Crippen molar-refractivity contribution < 1.29 is 9.53 Å². The smallest absolute Gasteiger partial charge is 0.225 e. The number of nitrogens with two attached hydrogens (primary N) is 1. The molecule has 1 amide bonds. The fraction of sp³-hybridized carbons (Fsp3) is 0.720. The predicted molar refractivity (Wildman–Crippen MR) is 127 cm³/mol. The molecule has 1 saturated heterocycles. The van der Waals surface area contributed by atoms with Crippen LogP contribution in [-0.2, 0) is 22.7 Å². The van der Waals surface area contributed by atoms with Crippen LogP contribution in [0.25, 0.3) is 11.0 Å². The van der Waals surface area contributed by atoms with Crippen LogP contribution in [0, 0.1) is 25.7 Å². The van der Waals surface area contributed by atoms with Gasteiger partial charge in [-0.25, -0.2) is 9.97 Å². The van der Waals surface area contributed by atoms with Crippen LogP contribution in [-0.4, -0.2) is 45.0 Å². The van der Waals surface area contributed by atoms with Gasteiger partial charge in [0.1, 0.15) is 17.9 Å². The molecule has 0 atom stereocenters. The molecular formula is C25H39N5O2. The number of rotatable bonds is 7. The zero-order chi connectivity index (χ0) is 22.7. The number of amides is 1. The van der Waals surface area contributed by atoms with Crippen LogP contribution >= 0.6 is 0 Å². The Morgan fingerprint density at radius 1 is 1.09 bits per heavy atom. The summed E-state index contributed by atoms with van der Waals surface area (Å²) in [5.41, 5.74) is 10.2. The molecule has 0 bridgehead atoms. The lowest BCUT2D eigenvalue weighted by atomic mass is 9.87. The Bertz CT molecular complexity index is 940. The maximum atomic E-state index is 12.9. The Labute approximate surface area is 191 Å². The predicted octanol–water partition coefficient (Wildman–Crippen LogP) is 4.38. The van der Waals surface area contributed by atoms with Crippen LogP contribution in [0.2, 0.25) is 0 Å². The number of pyridine rings is 1. The first-order chi connectivity index (χ1) is 15.5. The van der Waals surface area contributed by atoms with Crippen LogP contribution in [0.4, 0.5) is 5.82 Å². The SMILES string of the molecule is CCOCc1nc2c(N)nc(C)c(C)c2n1CCC1CCN(C(=O)C2CCCCC2)CC1. The van der Waals surface area contributed by atoms with E-state index in [1.54, 1.807) is 0 Å². The third-order valence-electron chi connectivity index (χ3n) is 7.55. The Balaban J connectivity index is 1.42. The molecule has 1 aliphatic heterocycles. The number of anilines is 1. The van der Waals surface area contributed by atoms with Crippen molar-refractivity contribution in [3.63, 3.8) is 0 Å². The number of ether oxygens (including phenoxy) is 1. The van der Waals surface area contributed by atoms with Crippen LogP contribution in [0.3, 0.4) is 0 Å². The molecule has 2 N–H and O–H groups in total. The van der Waals surface area contributed by atoms with Gasteiger partial charge in [0.2, 0.25) is 5.91 Å². The number of nitrogen functional groups attached to an aromatic ring is 1. The van der Waals surface area contributed by atoms with Crippen LogP contribution < -0.4 is 5.73 Å². The van der Waals surface area contributed by atoms with Gasteiger partial charge in [-0.1, -0.05) is 19.3 Å². The summed E-state index contributed by atoms with van der Waals surface area (Å²) in [7, 11) is 0. The molecule has 2 aliphatic rings. The Morgan fingerprint density at radius 3 is 2.50 bits per heavy atom. The molecule has 0 spiro atoms. The van der Waals surface area contributed by atoms with Gasteiger partial charge in [0.15, 0.2) is 5.82 Å². The van der Waals surface area contributed by atoms with Crippen molar-refractivity contribution in [2.75, 3.05) is 25.4 Å². The van der Waals surface area contributed by atoms with Crippen molar-refractivity contribution in [1.82, 2.24) is 19.4 Å². The van der Waals surface area contributed by atoms with E-state index in [0.29, 0.717) is 30.9 Å². The highest BCUT2D eigenvalue weighted by Crippen LogP contribution is 2.30. The summed E-state index contributed by atoms with van der Waals surface area (Å²) in [5, 5.41) is 0. The fourth-order valence-electron chi connectivity index (χ4n) is 5.45. The third-order valence-corrected chi connectivity index (χ3v) is 7.55. The minimum atomic E-state index is 0.281. The summed E-state index contributed by atoms with van der Waals surface area (Å²) in [6.07, 6.45) is 9.17. The van der Waals surface area contributed by atoms with Gasteiger partial charge in [0.05, 0.1) is 5.52 Å². The van der Waals surface area contributed by atoms with E-state index >= 15 is 0 Å². The van der Waals surface area contributed by atoms with E-state index in [4.69, 9.17) is 15.5 Å². The van der Waals surface area contributed by atoms with Gasteiger partial charge in [-0.05, 0) is 64.4 Å². The first-order valence-electron chi connectivity index (χ1n) is 12.5. The van der Waals surface area contributed by atoms with E-state index < -0.39 is 0 Å². The Kier molecular flexibility index (Phi) is 7.33. The molecule has 4 rings (SSSR count). The number of aryl methyl sites for hydroxylation is 3. The number of hydrogen-bond acceptors (Lipinski definition) is 5. The first-order valence-corrected chi connectivity index (χ1v) is 12.5. The molecule has 2 aromatic rings. The second-order valence-electron chi connectivity index (χ2n) is 9.61. The number of fused-ring (bicyclic) bond motifs is 1. The molecule has 1 aliphatic carbocycles. The van der Waals surface area contributed by atoms with Crippen LogP contribution in [0.1, 0.15) is 75.4 Å². The highest BCUT2D eigenvalue weighted by atomic mass is 16.5. The number of piperidine rings is 1. The van der Waals surface area contributed by atoms with Gasteiger partial charge < -0.3 is 19.9 Å². The van der Waals surface area contributed by atoms with E-state index in [0.717, 1.165) is 79.9 Å². The van der Waals surface area contributed by atoms with Crippen LogP contribution in [0.5, 0.6) is 0 Å². The van der Waals surface area contributed by atoms with Crippen molar-refractivity contribution >= 4 is 22.8 Å². The van der Waals surface area contributed by atoms with Gasteiger partial charge in [0, 0.05) is 37.9 Å². The molecule has 0 unspecified atom stereocenters. The summed E-state index contributed by atoms with van der Waals surface area (Å²) in [6, 6.07) is 0. The molecule has 1 saturated carbocycles. The van der Waals surface area contributed by atoms with E-state index in [9.17, 15) is 4.79 Å². The minimum Gasteiger partial charge on any atom is -0.382 e. The molecule has 176 valence electrons. The number of carbonyl (C=O) groups excluding carboxylic acids is 1. The second-order valence-corrected chi connectivity index (χ2v) is 9.61. The number of nitrogens with zero attached hydrogens (tertiary/aromatic N) is 4. The van der Waals surface area contributed by atoms with Crippen molar-refractivity contribution in [3.8, 4) is 0 Å². The average Bonchev–Trinajstić information content (AvgIpc) is 3.19. The van der Waals surface area contributed by atoms with Crippen molar-refractivity contribution in [3.05, 3.63) is 17.1 Å². The van der Waals surface area contributed by atoms with E-state index in [2.05, 4.69) is 21.4 Å². The number of aromatic nitrogens is 3. The molecule has 3 heterocycles. The molecular weight excluding hydrogens is 402 g/mol. The number of imidazole rings is 1. The highest BCUT2D eigenvalue weighted by Gasteiger charge is 2.29. The summed E-state index contributed by atoms with van der Waals surface area (Å²) in [6.45, 7) is 9.95. The fourth-order valence-corrected chi connectivity index (χ4v) is 5.45. The topological polar surface area (TPSA) is 86.3 Å². The molecule has 0 aromatic carbocycles. The van der Waals surface area contributed by atoms with Gasteiger partial charge in [-0.3, -0.25) is 4.79 Å². The van der Waals surface area contributed by atoms with Crippen molar-refractivity contribution in [2.24, 2.45) is 11.8 Å². The second kappa shape index (κ2) is 10.2. The van der Waals surface area contributed by atoms with Crippen LogP contribution in [0.15, 0.2) is 0 Å². The standard InChI is InChI=1S/C25H39N5O2/c1-4-32-16-21-28-22-23(17(2)18(3)27-24(22)26)30(21)15-12-19-10-13-29(14-11-19)25(31)20-8-6-5-7-9-20/h19-20H,4-16H2,1-3H3,(H2,26,27). The minimum absolute atomic E-state index is 0.281. The normalized spacial score (nSPS) is 18.5. The lowest BCUT2D eigenvalue weighted by Crippen LogP contribution is -2.42. The zero-order valence-corrected chi connectivity index (χ0v) is 20.0. The molecule has 0 radical (unpaired) electrons. The van der Waals surface area contributed by atoms with E-state index in [-0.39, 0.29) is 5.92 Å². The average molecular weight is 442 g/mol. The zero-order valence-electron chi connectivity index (χ0n) is 20.0. The van der Waals surface area contributed by atoms with Crippen molar-refractivity contribution in [2.45, 2.75) is 85.3 Å². The third kappa shape index (κ3) is 4.77. The monoisotopic (exact) mass is 441 g/mol. The molecule has 2 fully saturated rings.